The van der Waals surface area contributed by atoms with Crippen molar-refractivity contribution in [2.75, 3.05) is 11.4 Å². The van der Waals surface area contributed by atoms with Crippen LogP contribution in [0.2, 0.25) is 0 Å². The number of H-pyrrole nitrogens is 1. The second-order valence-electron chi connectivity index (χ2n) is 8.80. The highest BCUT2D eigenvalue weighted by molar-refractivity contribution is 5.95. The van der Waals surface area contributed by atoms with Gasteiger partial charge in [-0.05, 0) is 43.0 Å². The van der Waals surface area contributed by atoms with Crippen LogP contribution in [0.3, 0.4) is 0 Å². The molecule has 5 aromatic rings. The molecule has 8 nitrogen and oxygen atoms in total. The van der Waals surface area contributed by atoms with Crippen LogP contribution in [0, 0.1) is 5.92 Å². The van der Waals surface area contributed by atoms with Gasteiger partial charge in [0.05, 0.1) is 17.1 Å². The number of hydrogen-bond donors (Lipinski definition) is 1. The maximum absolute atomic E-state index is 13.7. The van der Waals surface area contributed by atoms with Gasteiger partial charge in [0.15, 0.2) is 5.82 Å². The third kappa shape index (κ3) is 3.06. The Labute approximate surface area is 196 Å². The quantitative estimate of drug-likeness (QED) is 0.438. The van der Waals surface area contributed by atoms with Crippen LogP contribution in [0.1, 0.15) is 37.2 Å². The minimum Gasteiger partial charge on any atom is -0.345 e. The summed E-state index contributed by atoms with van der Waals surface area (Å²) in [6.45, 7) is 7.00. The van der Waals surface area contributed by atoms with Crippen molar-refractivity contribution in [2.45, 2.75) is 25.8 Å². The molecule has 0 amide bonds. The van der Waals surface area contributed by atoms with E-state index in [2.05, 4.69) is 28.4 Å². The van der Waals surface area contributed by atoms with Crippen molar-refractivity contribution in [2.24, 2.45) is 5.92 Å². The Kier molecular flexibility index (Phi) is 4.79. The molecule has 1 aliphatic heterocycles. The molecule has 1 N–H and O–H groups in total. The topological polar surface area (TPSA) is 84.1 Å². The van der Waals surface area contributed by atoms with Gasteiger partial charge in [0.25, 0.3) is 5.56 Å². The average Bonchev–Trinajstić information content (AvgIpc) is 3.51. The van der Waals surface area contributed by atoms with Gasteiger partial charge >= 0.3 is 0 Å². The Morgan fingerprint density at radius 3 is 2.82 bits per heavy atom. The molecular formula is C26H25N7O. The lowest BCUT2D eigenvalue weighted by Gasteiger charge is -2.41. The Morgan fingerprint density at radius 1 is 1.15 bits per heavy atom. The van der Waals surface area contributed by atoms with Crippen LogP contribution in [0.5, 0.6) is 0 Å². The van der Waals surface area contributed by atoms with E-state index in [1.165, 1.54) is 0 Å². The Balaban J connectivity index is 1.63. The van der Waals surface area contributed by atoms with Crippen molar-refractivity contribution in [1.82, 2.24) is 29.1 Å². The number of para-hydroxylation sites is 1. The fraction of sp³-hybridized carbons (Fsp3) is 0.231. The summed E-state index contributed by atoms with van der Waals surface area (Å²) in [7, 11) is 0. The zero-order valence-corrected chi connectivity index (χ0v) is 18.9. The van der Waals surface area contributed by atoms with Crippen LogP contribution in [0.25, 0.3) is 28.3 Å². The molecule has 0 bridgehead atoms. The molecule has 1 fully saturated rings. The average molecular weight is 452 g/mol. The van der Waals surface area contributed by atoms with Gasteiger partial charge < -0.3 is 9.88 Å². The number of fused-ring (bicyclic) bond motifs is 2. The summed E-state index contributed by atoms with van der Waals surface area (Å²) in [5.74, 6) is 1.79. The number of hydrogen-bond acceptors (Lipinski definition) is 5. The molecule has 0 saturated carbocycles. The minimum absolute atomic E-state index is 0.0832. The molecule has 4 aromatic heterocycles. The number of piperidine rings is 1. The molecule has 34 heavy (non-hydrogen) atoms. The van der Waals surface area contributed by atoms with Crippen molar-refractivity contribution in [1.29, 1.82) is 0 Å². The maximum atomic E-state index is 13.7. The van der Waals surface area contributed by atoms with E-state index in [0.29, 0.717) is 11.3 Å². The number of aromatic amines is 1. The Morgan fingerprint density at radius 2 is 2.00 bits per heavy atom. The summed E-state index contributed by atoms with van der Waals surface area (Å²) < 4.78 is 3.45. The number of anilines is 1. The zero-order chi connectivity index (χ0) is 23.2. The van der Waals surface area contributed by atoms with Crippen LogP contribution in [-0.2, 0) is 0 Å². The fourth-order valence-corrected chi connectivity index (χ4v) is 5.19. The van der Waals surface area contributed by atoms with E-state index in [0.717, 1.165) is 47.5 Å². The monoisotopic (exact) mass is 451 g/mol. The van der Waals surface area contributed by atoms with Crippen LogP contribution >= 0.6 is 0 Å². The smallest absolute Gasteiger partial charge is 0.282 e. The normalized spacial score (nSPS) is 18.6. The molecule has 170 valence electrons. The second-order valence-corrected chi connectivity index (χ2v) is 8.80. The van der Waals surface area contributed by atoms with E-state index >= 15 is 0 Å². The standard InChI is InChI=1S/C26H25N7O/c1-3-18-15-27-23-21(18)24(29-16-28-23)31-13-7-9-17(2)22(31)25-30-32-14-8-12-20(32)26(34)33(25)19-10-5-4-6-11-19/h3-6,8,10-12,14-17,22H,1,7,9,13H2,2H3,(H,27,28,29). The Bertz CT molecular complexity index is 1560. The molecule has 2 unspecified atom stereocenters. The molecule has 6 rings (SSSR count). The molecule has 1 aliphatic rings. The summed E-state index contributed by atoms with van der Waals surface area (Å²) in [5, 5.41) is 5.94. The number of aromatic nitrogens is 6. The first-order valence-electron chi connectivity index (χ1n) is 11.5. The van der Waals surface area contributed by atoms with Crippen molar-refractivity contribution >= 4 is 28.4 Å². The Hall–Kier alpha value is -4.20. The molecule has 1 aromatic carbocycles. The summed E-state index contributed by atoms with van der Waals surface area (Å²) in [5.41, 5.74) is 2.99. The van der Waals surface area contributed by atoms with Crippen LogP contribution in [0.4, 0.5) is 5.82 Å². The van der Waals surface area contributed by atoms with E-state index in [1.54, 1.807) is 15.4 Å². The first-order valence-corrected chi connectivity index (χ1v) is 11.5. The van der Waals surface area contributed by atoms with Crippen LogP contribution in [-0.4, -0.2) is 35.7 Å². The molecule has 0 radical (unpaired) electrons. The summed E-state index contributed by atoms with van der Waals surface area (Å²) in [6.07, 6.45) is 9.20. The zero-order valence-electron chi connectivity index (χ0n) is 18.9. The third-order valence-corrected chi connectivity index (χ3v) is 6.77. The minimum atomic E-state index is -0.154. The lowest BCUT2D eigenvalue weighted by atomic mass is 9.89. The van der Waals surface area contributed by atoms with E-state index in [1.807, 2.05) is 60.9 Å². The van der Waals surface area contributed by atoms with Crippen LogP contribution in [0.15, 0.2) is 72.6 Å². The van der Waals surface area contributed by atoms with Gasteiger partial charge in [-0.2, -0.15) is 5.10 Å². The first kappa shape index (κ1) is 20.4. The summed E-state index contributed by atoms with van der Waals surface area (Å²) in [4.78, 5) is 28.4. The van der Waals surface area contributed by atoms with E-state index in [9.17, 15) is 4.79 Å². The van der Waals surface area contributed by atoms with E-state index < -0.39 is 0 Å². The molecule has 8 heteroatoms. The van der Waals surface area contributed by atoms with Crippen LogP contribution < -0.4 is 10.5 Å². The molecule has 5 heterocycles. The second kappa shape index (κ2) is 7.98. The number of rotatable bonds is 4. The molecule has 2 atom stereocenters. The highest BCUT2D eigenvalue weighted by Gasteiger charge is 2.36. The fourth-order valence-electron chi connectivity index (χ4n) is 5.19. The summed E-state index contributed by atoms with van der Waals surface area (Å²) >= 11 is 0. The molecule has 0 spiro atoms. The van der Waals surface area contributed by atoms with Crippen molar-refractivity contribution in [3.8, 4) is 5.69 Å². The highest BCUT2D eigenvalue weighted by atomic mass is 16.1. The van der Waals surface area contributed by atoms with Gasteiger partial charge in [-0.3, -0.25) is 9.36 Å². The van der Waals surface area contributed by atoms with Crippen molar-refractivity contribution < 1.29 is 0 Å². The van der Waals surface area contributed by atoms with Crippen molar-refractivity contribution in [3.63, 3.8) is 0 Å². The first-order chi connectivity index (χ1) is 16.7. The van der Waals surface area contributed by atoms with Gasteiger partial charge in [0.1, 0.15) is 23.3 Å². The van der Waals surface area contributed by atoms with E-state index in [4.69, 9.17) is 10.1 Å². The maximum Gasteiger partial charge on any atom is 0.282 e. The number of nitrogens with one attached hydrogen (secondary N) is 1. The highest BCUT2D eigenvalue weighted by Crippen LogP contribution is 2.40. The predicted octanol–water partition coefficient (Wildman–Crippen LogP) is 4.38. The van der Waals surface area contributed by atoms with E-state index in [-0.39, 0.29) is 17.5 Å². The molecule has 0 aliphatic carbocycles. The molecule has 1 saturated heterocycles. The number of benzene rings is 1. The van der Waals surface area contributed by atoms with Gasteiger partial charge in [-0.1, -0.05) is 37.8 Å². The molecular weight excluding hydrogens is 426 g/mol. The lowest BCUT2D eigenvalue weighted by molar-refractivity contribution is 0.330. The lowest BCUT2D eigenvalue weighted by Crippen LogP contribution is -2.42. The van der Waals surface area contributed by atoms with Crippen molar-refractivity contribution in [3.05, 3.63) is 89.5 Å². The number of nitrogens with zero attached hydrogens (tertiary/aromatic N) is 6. The van der Waals surface area contributed by atoms with Gasteiger partial charge in [0, 0.05) is 24.5 Å². The largest absolute Gasteiger partial charge is 0.345 e. The third-order valence-electron chi connectivity index (χ3n) is 6.77. The van der Waals surface area contributed by atoms with Gasteiger partial charge in [0.2, 0.25) is 0 Å². The summed E-state index contributed by atoms with van der Waals surface area (Å²) in [6, 6.07) is 13.3. The van der Waals surface area contributed by atoms with Gasteiger partial charge in [-0.15, -0.1) is 0 Å². The SMILES string of the molecule is C=Cc1c[nH]c2ncnc(N3CCCC(C)C3c3nn4cccc4c(=O)n3-c3ccccc3)c12. The predicted molar refractivity (Wildman–Crippen MR) is 133 cm³/mol. The van der Waals surface area contributed by atoms with Gasteiger partial charge in [-0.25, -0.2) is 14.5 Å².